The van der Waals surface area contributed by atoms with E-state index in [1.807, 2.05) is 6.07 Å². The molecule has 106 valence electrons. The van der Waals surface area contributed by atoms with Crippen molar-refractivity contribution < 1.29 is 9.47 Å². The van der Waals surface area contributed by atoms with Gasteiger partial charge < -0.3 is 9.47 Å². The minimum atomic E-state index is 0.731. The van der Waals surface area contributed by atoms with Crippen LogP contribution >= 0.6 is 15.9 Å². The van der Waals surface area contributed by atoms with Crippen LogP contribution in [0.15, 0.2) is 22.7 Å². The average Bonchev–Trinajstić information content (AvgIpc) is 2.44. The van der Waals surface area contributed by atoms with Gasteiger partial charge in [-0.15, -0.1) is 0 Å². The molecule has 1 fully saturated rings. The number of ether oxygens (including phenoxy) is 2. The molecule has 0 aromatic heterocycles. The lowest BCUT2D eigenvalue weighted by atomic mass is 9.97. The number of piperidine rings is 1. The molecule has 4 heteroatoms. The smallest absolute Gasteiger partial charge is 0.119 e. The summed E-state index contributed by atoms with van der Waals surface area (Å²) in [5.74, 6) is 1.66. The van der Waals surface area contributed by atoms with Gasteiger partial charge in [0, 0.05) is 24.7 Å². The monoisotopic (exact) mass is 327 g/mol. The second kappa shape index (κ2) is 7.27. The number of hydrogen-bond acceptors (Lipinski definition) is 3. The number of nitrogens with zero attached hydrogens (tertiary/aromatic N) is 1. The second-order valence-corrected chi connectivity index (χ2v) is 5.99. The predicted octanol–water partition coefficient (Wildman–Crippen LogP) is 3.32. The molecule has 0 N–H and O–H groups in total. The summed E-state index contributed by atoms with van der Waals surface area (Å²) in [6.45, 7) is 4.18. The molecule has 0 atom stereocenters. The van der Waals surface area contributed by atoms with Gasteiger partial charge in [0.25, 0.3) is 0 Å². The summed E-state index contributed by atoms with van der Waals surface area (Å²) in [5.41, 5.74) is 1.30. The van der Waals surface area contributed by atoms with E-state index in [1.165, 1.54) is 18.4 Å². The van der Waals surface area contributed by atoms with Gasteiger partial charge in [0.2, 0.25) is 0 Å². The Hall–Kier alpha value is -0.580. The first-order valence-corrected chi connectivity index (χ1v) is 7.56. The number of benzene rings is 1. The van der Waals surface area contributed by atoms with Crippen LogP contribution in [0.1, 0.15) is 18.4 Å². The molecule has 0 bridgehead atoms. The minimum absolute atomic E-state index is 0.731. The molecule has 0 radical (unpaired) electrons. The molecule has 1 heterocycles. The summed E-state index contributed by atoms with van der Waals surface area (Å²) in [6, 6.07) is 6.16. The van der Waals surface area contributed by atoms with Gasteiger partial charge in [0.15, 0.2) is 0 Å². The van der Waals surface area contributed by atoms with Crippen molar-refractivity contribution in [1.29, 1.82) is 0 Å². The van der Waals surface area contributed by atoms with Crippen LogP contribution in [0.4, 0.5) is 0 Å². The number of halogens is 1. The first-order chi connectivity index (χ1) is 9.22. The average molecular weight is 328 g/mol. The normalized spacial score (nSPS) is 17.6. The molecular formula is C15H22BrNO2. The summed E-state index contributed by atoms with van der Waals surface area (Å²) in [4.78, 5) is 2.51. The van der Waals surface area contributed by atoms with Crippen molar-refractivity contribution in [3.8, 4) is 5.75 Å². The van der Waals surface area contributed by atoms with Gasteiger partial charge in [0.1, 0.15) is 5.75 Å². The Kier molecular flexibility index (Phi) is 5.67. The SMILES string of the molecule is COCC1CCN(Cc2cc(OC)ccc2Br)CC1. The molecule has 0 saturated carbocycles. The Morgan fingerprint density at radius 1 is 1.26 bits per heavy atom. The molecule has 1 aliphatic heterocycles. The highest BCUT2D eigenvalue weighted by Crippen LogP contribution is 2.26. The largest absolute Gasteiger partial charge is 0.497 e. The molecule has 0 unspecified atom stereocenters. The first kappa shape index (κ1) is 14.8. The van der Waals surface area contributed by atoms with Crippen molar-refractivity contribution in [3.05, 3.63) is 28.2 Å². The van der Waals surface area contributed by atoms with Crippen LogP contribution in [0.25, 0.3) is 0 Å². The van der Waals surface area contributed by atoms with E-state index in [2.05, 4.69) is 33.0 Å². The van der Waals surface area contributed by atoms with Crippen molar-refractivity contribution in [1.82, 2.24) is 4.90 Å². The van der Waals surface area contributed by atoms with Crippen molar-refractivity contribution >= 4 is 15.9 Å². The zero-order chi connectivity index (χ0) is 13.7. The molecule has 1 saturated heterocycles. The van der Waals surface area contributed by atoms with Crippen molar-refractivity contribution in [3.63, 3.8) is 0 Å². The quantitative estimate of drug-likeness (QED) is 0.828. The fraction of sp³-hybridized carbons (Fsp3) is 0.600. The van der Waals surface area contributed by atoms with Gasteiger partial charge in [-0.2, -0.15) is 0 Å². The van der Waals surface area contributed by atoms with Gasteiger partial charge in [-0.1, -0.05) is 15.9 Å². The third kappa shape index (κ3) is 4.20. The maximum absolute atomic E-state index is 5.29. The Morgan fingerprint density at radius 3 is 2.63 bits per heavy atom. The van der Waals surface area contributed by atoms with Gasteiger partial charge in [-0.05, 0) is 55.6 Å². The predicted molar refractivity (Wildman–Crippen MR) is 80.6 cm³/mol. The fourth-order valence-corrected chi connectivity index (χ4v) is 2.96. The lowest BCUT2D eigenvalue weighted by Crippen LogP contribution is -2.34. The second-order valence-electron chi connectivity index (χ2n) is 5.13. The Balaban J connectivity index is 1.91. The highest BCUT2D eigenvalue weighted by atomic mass is 79.9. The molecule has 1 aliphatic rings. The van der Waals surface area contributed by atoms with E-state index in [1.54, 1.807) is 14.2 Å². The number of likely N-dealkylation sites (tertiary alicyclic amines) is 1. The fourth-order valence-electron chi connectivity index (χ4n) is 2.59. The van der Waals surface area contributed by atoms with Crippen LogP contribution < -0.4 is 4.74 Å². The lowest BCUT2D eigenvalue weighted by molar-refractivity contribution is 0.0967. The summed E-state index contributed by atoms with van der Waals surface area (Å²) in [5, 5.41) is 0. The van der Waals surface area contributed by atoms with E-state index in [9.17, 15) is 0 Å². The van der Waals surface area contributed by atoms with Gasteiger partial charge in [-0.25, -0.2) is 0 Å². The van der Waals surface area contributed by atoms with Gasteiger partial charge >= 0.3 is 0 Å². The molecular weight excluding hydrogens is 306 g/mol. The molecule has 0 amide bonds. The van der Waals surface area contributed by atoms with Gasteiger partial charge in [0.05, 0.1) is 7.11 Å². The minimum Gasteiger partial charge on any atom is -0.497 e. The van der Waals surface area contributed by atoms with E-state index < -0.39 is 0 Å². The van der Waals surface area contributed by atoms with E-state index in [0.29, 0.717) is 0 Å². The van der Waals surface area contributed by atoms with Crippen LogP contribution in [-0.4, -0.2) is 38.8 Å². The molecule has 1 aromatic carbocycles. The molecule has 0 aliphatic carbocycles. The Morgan fingerprint density at radius 2 is 2.00 bits per heavy atom. The summed E-state index contributed by atoms with van der Waals surface area (Å²) in [7, 11) is 3.50. The Labute approximate surface area is 124 Å². The van der Waals surface area contributed by atoms with Crippen LogP contribution in [-0.2, 0) is 11.3 Å². The molecule has 19 heavy (non-hydrogen) atoms. The lowest BCUT2D eigenvalue weighted by Gasteiger charge is -2.31. The van der Waals surface area contributed by atoms with Crippen LogP contribution in [0.5, 0.6) is 5.75 Å². The Bertz CT molecular complexity index is 403. The maximum Gasteiger partial charge on any atom is 0.119 e. The molecule has 2 rings (SSSR count). The summed E-state index contributed by atoms with van der Waals surface area (Å²) >= 11 is 3.62. The van der Waals surface area contributed by atoms with Crippen molar-refractivity contribution in [2.45, 2.75) is 19.4 Å². The number of rotatable bonds is 5. The van der Waals surface area contributed by atoms with Crippen molar-refractivity contribution in [2.24, 2.45) is 5.92 Å². The van der Waals surface area contributed by atoms with E-state index in [4.69, 9.17) is 9.47 Å². The maximum atomic E-state index is 5.29. The van der Waals surface area contributed by atoms with E-state index in [-0.39, 0.29) is 0 Å². The zero-order valence-corrected chi connectivity index (χ0v) is 13.3. The summed E-state index contributed by atoms with van der Waals surface area (Å²) < 4.78 is 11.7. The number of methoxy groups -OCH3 is 2. The zero-order valence-electron chi connectivity index (χ0n) is 11.7. The highest BCUT2D eigenvalue weighted by molar-refractivity contribution is 9.10. The number of hydrogen-bond donors (Lipinski definition) is 0. The highest BCUT2D eigenvalue weighted by Gasteiger charge is 2.19. The third-order valence-electron chi connectivity index (χ3n) is 3.76. The van der Waals surface area contributed by atoms with Crippen molar-refractivity contribution in [2.75, 3.05) is 33.9 Å². The molecule has 1 aromatic rings. The van der Waals surface area contributed by atoms with Crippen LogP contribution in [0.3, 0.4) is 0 Å². The van der Waals surface area contributed by atoms with E-state index >= 15 is 0 Å². The topological polar surface area (TPSA) is 21.7 Å². The van der Waals surface area contributed by atoms with Crippen LogP contribution in [0.2, 0.25) is 0 Å². The third-order valence-corrected chi connectivity index (χ3v) is 4.53. The molecule has 3 nitrogen and oxygen atoms in total. The van der Waals surface area contributed by atoms with Crippen LogP contribution in [0, 0.1) is 5.92 Å². The first-order valence-electron chi connectivity index (χ1n) is 6.76. The van der Waals surface area contributed by atoms with E-state index in [0.717, 1.165) is 42.4 Å². The standard InChI is InChI=1S/C15H22BrNO2/c1-18-11-12-5-7-17(8-6-12)10-13-9-14(19-2)3-4-15(13)16/h3-4,9,12H,5-8,10-11H2,1-2H3. The van der Waals surface area contributed by atoms with Gasteiger partial charge in [-0.3, -0.25) is 4.90 Å². The molecule has 0 spiro atoms. The summed E-state index contributed by atoms with van der Waals surface area (Å²) in [6.07, 6.45) is 2.46.